The van der Waals surface area contributed by atoms with Crippen LogP contribution in [-0.4, -0.2) is 54.4 Å². The third-order valence-electron chi connectivity index (χ3n) is 1.93. The maximum absolute atomic E-state index is 10.1. The molecule has 1 N–H and O–H groups in total. The zero-order valence-electron chi connectivity index (χ0n) is 9.32. The molecule has 0 aliphatic rings. The van der Waals surface area contributed by atoms with Gasteiger partial charge in [0.2, 0.25) is 0 Å². The Balaban J connectivity index is 3.67. The van der Waals surface area contributed by atoms with E-state index >= 15 is 0 Å². The number of aliphatic carboxylic acids is 1. The molecule has 0 heterocycles. The summed E-state index contributed by atoms with van der Waals surface area (Å²) >= 11 is 0. The lowest BCUT2D eigenvalue weighted by Crippen LogP contribution is -2.42. The third kappa shape index (κ3) is 5.85. The average Bonchev–Trinajstić information content (AvgIpc) is 2.24. The highest BCUT2D eigenvalue weighted by atomic mass is 28.4. The highest BCUT2D eigenvalue weighted by Crippen LogP contribution is 2.14. The van der Waals surface area contributed by atoms with E-state index in [0.29, 0.717) is 19.1 Å². The summed E-state index contributed by atoms with van der Waals surface area (Å²) < 4.78 is 20.4. The van der Waals surface area contributed by atoms with Crippen LogP contribution in [0.4, 0.5) is 0 Å². The molecule has 0 radical (unpaired) electrons. The average molecular weight is 238 g/mol. The number of carboxylic acid groups (broad SMARTS) is 1. The van der Waals surface area contributed by atoms with E-state index in [1.54, 1.807) is 0 Å². The molecule has 0 unspecified atom stereocenters. The van der Waals surface area contributed by atoms with Crippen molar-refractivity contribution >= 4 is 14.8 Å². The standard InChI is InChI=1S/C8H18O6Si/c1-11-15(12-2,13-3)6-4-5-14-7-8(9)10/h4-7H2,1-3H3,(H,9,10). The molecule has 0 aromatic rings. The van der Waals surface area contributed by atoms with Crippen LogP contribution >= 0.6 is 0 Å². The highest BCUT2D eigenvalue weighted by Gasteiger charge is 2.36. The summed E-state index contributed by atoms with van der Waals surface area (Å²) in [5.41, 5.74) is 0. The number of rotatable bonds is 9. The Labute approximate surface area is 90.5 Å². The SMILES string of the molecule is CO[Si](CCCOCC(=O)O)(OC)OC. The lowest BCUT2D eigenvalue weighted by Gasteiger charge is -2.24. The van der Waals surface area contributed by atoms with Gasteiger partial charge in [-0.3, -0.25) is 0 Å². The van der Waals surface area contributed by atoms with Gasteiger partial charge in [0.25, 0.3) is 0 Å². The van der Waals surface area contributed by atoms with Crippen molar-refractivity contribution in [3.8, 4) is 0 Å². The molecule has 0 aromatic heterocycles. The Morgan fingerprint density at radius 2 is 1.73 bits per heavy atom. The van der Waals surface area contributed by atoms with Crippen LogP contribution in [0.2, 0.25) is 6.04 Å². The van der Waals surface area contributed by atoms with Crippen molar-refractivity contribution in [3.05, 3.63) is 0 Å². The van der Waals surface area contributed by atoms with Crippen molar-refractivity contribution in [2.75, 3.05) is 34.5 Å². The van der Waals surface area contributed by atoms with Gasteiger partial charge in [-0.2, -0.15) is 0 Å². The van der Waals surface area contributed by atoms with Crippen LogP contribution in [0.25, 0.3) is 0 Å². The molecule has 6 nitrogen and oxygen atoms in total. The monoisotopic (exact) mass is 238 g/mol. The van der Waals surface area contributed by atoms with E-state index in [4.69, 9.17) is 23.1 Å². The normalized spacial score (nSPS) is 11.7. The smallest absolute Gasteiger partial charge is 0.480 e. The molecule has 0 amide bonds. The van der Waals surface area contributed by atoms with Gasteiger partial charge in [0.05, 0.1) is 0 Å². The van der Waals surface area contributed by atoms with E-state index in [1.165, 1.54) is 21.3 Å². The first-order valence-electron chi connectivity index (χ1n) is 4.55. The lowest BCUT2D eigenvalue weighted by molar-refractivity contribution is -0.142. The van der Waals surface area contributed by atoms with Crippen LogP contribution in [0, 0.1) is 0 Å². The Morgan fingerprint density at radius 3 is 2.13 bits per heavy atom. The molecular formula is C8H18O6Si. The van der Waals surface area contributed by atoms with Crippen LogP contribution in [0.3, 0.4) is 0 Å². The number of hydrogen-bond acceptors (Lipinski definition) is 5. The molecular weight excluding hydrogens is 220 g/mol. The number of carboxylic acids is 1. The second kappa shape index (κ2) is 7.77. The molecule has 0 aromatic carbocycles. The van der Waals surface area contributed by atoms with Crippen LogP contribution in [0.15, 0.2) is 0 Å². The van der Waals surface area contributed by atoms with E-state index in [9.17, 15) is 4.79 Å². The topological polar surface area (TPSA) is 74.2 Å². The Morgan fingerprint density at radius 1 is 1.20 bits per heavy atom. The molecule has 0 aliphatic carbocycles. The van der Waals surface area contributed by atoms with Gasteiger partial charge in [-0.1, -0.05) is 0 Å². The predicted octanol–water partition coefficient (Wildman–Crippen LogP) is 0.356. The van der Waals surface area contributed by atoms with E-state index in [2.05, 4.69) is 0 Å². The molecule has 0 saturated carbocycles. The summed E-state index contributed by atoms with van der Waals surface area (Å²) in [6, 6.07) is 0.607. The fourth-order valence-electron chi connectivity index (χ4n) is 1.11. The van der Waals surface area contributed by atoms with Crippen molar-refractivity contribution in [1.29, 1.82) is 0 Å². The predicted molar refractivity (Wildman–Crippen MR) is 54.7 cm³/mol. The van der Waals surface area contributed by atoms with Crippen molar-refractivity contribution in [2.24, 2.45) is 0 Å². The quantitative estimate of drug-likeness (QED) is 0.461. The molecule has 90 valence electrons. The van der Waals surface area contributed by atoms with Gasteiger partial charge >= 0.3 is 14.8 Å². The fraction of sp³-hybridized carbons (Fsp3) is 0.875. The maximum Gasteiger partial charge on any atom is 0.500 e. The van der Waals surface area contributed by atoms with E-state index in [1.807, 2.05) is 0 Å². The second-order valence-corrected chi connectivity index (χ2v) is 5.94. The number of carbonyl (C=O) groups is 1. The minimum Gasteiger partial charge on any atom is -0.480 e. The minimum absolute atomic E-state index is 0.276. The number of ether oxygens (including phenoxy) is 1. The molecule has 0 rings (SSSR count). The van der Waals surface area contributed by atoms with Crippen LogP contribution in [-0.2, 0) is 22.8 Å². The molecule has 15 heavy (non-hydrogen) atoms. The van der Waals surface area contributed by atoms with Gasteiger partial charge in [0, 0.05) is 34.0 Å². The van der Waals surface area contributed by atoms with Gasteiger partial charge in [0.1, 0.15) is 6.61 Å². The summed E-state index contributed by atoms with van der Waals surface area (Å²) in [6.07, 6.45) is 0.648. The van der Waals surface area contributed by atoms with Gasteiger partial charge in [0.15, 0.2) is 0 Å². The second-order valence-electron chi connectivity index (χ2n) is 2.85. The molecule has 0 spiro atoms. The van der Waals surface area contributed by atoms with E-state index < -0.39 is 14.8 Å². The fourth-order valence-corrected chi connectivity index (χ4v) is 2.80. The lowest BCUT2D eigenvalue weighted by atomic mass is 10.5. The Bertz CT molecular complexity index is 174. The molecule has 0 bridgehead atoms. The highest BCUT2D eigenvalue weighted by molar-refractivity contribution is 6.60. The Hall–Kier alpha value is -0.473. The van der Waals surface area contributed by atoms with Gasteiger partial charge < -0.3 is 23.1 Å². The van der Waals surface area contributed by atoms with Gasteiger partial charge in [-0.05, 0) is 6.42 Å². The van der Waals surface area contributed by atoms with Crippen molar-refractivity contribution in [2.45, 2.75) is 12.5 Å². The van der Waals surface area contributed by atoms with Gasteiger partial charge in [-0.15, -0.1) is 0 Å². The van der Waals surface area contributed by atoms with Crippen molar-refractivity contribution < 1.29 is 27.9 Å². The van der Waals surface area contributed by atoms with Gasteiger partial charge in [-0.25, -0.2) is 4.79 Å². The summed E-state index contributed by atoms with van der Waals surface area (Å²) in [7, 11) is 2.10. The van der Waals surface area contributed by atoms with Crippen LogP contribution < -0.4 is 0 Å². The molecule has 7 heteroatoms. The van der Waals surface area contributed by atoms with Crippen LogP contribution in [0.1, 0.15) is 6.42 Å². The summed E-state index contributed by atoms with van der Waals surface area (Å²) in [4.78, 5) is 10.1. The first-order valence-corrected chi connectivity index (χ1v) is 6.48. The first-order chi connectivity index (χ1) is 7.10. The maximum atomic E-state index is 10.1. The summed E-state index contributed by atoms with van der Waals surface area (Å²) in [6.45, 7) is 0.0820. The Kier molecular flexibility index (Phi) is 7.53. The first kappa shape index (κ1) is 14.5. The molecule has 0 atom stereocenters. The molecule has 0 fully saturated rings. The summed E-state index contributed by atoms with van der Waals surface area (Å²) in [5, 5.41) is 8.32. The van der Waals surface area contributed by atoms with E-state index in [0.717, 1.165) is 0 Å². The molecule has 0 saturated heterocycles. The van der Waals surface area contributed by atoms with Crippen molar-refractivity contribution in [1.82, 2.24) is 0 Å². The van der Waals surface area contributed by atoms with Crippen LogP contribution in [0.5, 0.6) is 0 Å². The third-order valence-corrected chi connectivity index (χ3v) is 4.76. The minimum atomic E-state index is -2.52. The number of hydrogen-bond donors (Lipinski definition) is 1. The summed E-state index contributed by atoms with van der Waals surface area (Å²) in [5.74, 6) is -0.969. The molecule has 0 aliphatic heterocycles. The zero-order valence-corrected chi connectivity index (χ0v) is 10.3. The largest absolute Gasteiger partial charge is 0.500 e. The van der Waals surface area contributed by atoms with E-state index in [-0.39, 0.29) is 6.61 Å². The zero-order chi connectivity index (χ0) is 11.7. The van der Waals surface area contributed by atoms with Crippen molar-refractivity contribution in [3.63, 3.8) is 0 Å².